The minimum Gasteiger partial charge on any atom is -0.378 e. The molecule has 2 rings (SSSR count). The van der Waals surface area contributed by atoms with Gasteiger partial charge in [-0.05, 0) is 68.9 Å². The summed E-state index contributed by atoms with van der Waals surface area (Å²) in [6.45, 7) is 0. The van der Waals surface area contributed by atoms with Crippen molar-refractivity contribution in [3.63, 3.8) is 0 Å². The SMILES string of the molecule is O=S(=O)(Oc1cccc(I)c1)c1ccc(Br)s1. The highest BCUT2D eigenvalue weighted by molar-refractivity contribution is 14.1. The lowest BCUT2D eigenvalue weighted by Crippen LogP contribution is -2.07. The van der Waals surface area contributed by atoms with Gasteiger partial charge in [-0.25, -0.2) is 0 Å². The van der Waals surface area contributed by atoms with E-state index in [9.17, 15) is 8.42 Å². The molecule has 7 heteroatoms. The van der Waals surface area contributed by atoms with E-state index >= 15 is 0 Å². The zero-order valence-electron chi connectivity index (χ0n) is 8.26. The highest BCUT2D eigenvalue weighted by Crippen LogP contribution is 2.28. The van der Waals surface area contributed by atoms with E-state index in [0.29, 0.717) is 5.75 Å². The Balaban J connectivity index is 2.29. The first kappa shape index (κ1) is 13.3. The van der Waals surface area contributed by atoms with Crippen molar-refractivity contribution in [2.75, 3.05) is 0 Å². The molecule has 1 aromatic carbocycles. The number of halogens is 2. The molecule has 0 saturated carbocycles. The van der Waals surface area contributed by atoms with Gasteiger partial charge in [0.25, 0.3) is 0 Å². The summed E-state index contributed by atoms with van der Waals surface area (Å²) < 4.78 is 30.7. The van der Waals surface area contributed by atoms with Gasteiger partial charge in [0.05, 0.1) is 3.79 Å². The first-order valence-electron chi connectivity index (χ1n) is 4.43. The van der Waals surface area contributed by atoms with Gasteiger partial charge in [0.2, 0.25) is 0 Å². The number of hydrogen-bond acceptors (Lipinski definition) is 4. The number of hydrogen-bond donors (Lipinski definition) is 0. The fourth-order valence-electron chi connectivity index (χ4n) is 1.12. The fourth-order valence-corrected chi connectivity index (χ4v) is 4.53. The summed E-state index contributed by atoms with van der Waals surface area (Å²) in [6.07, 6.45) is 0. The van der Waals surface area contributed by atoms with Crippen LogP contribution in [0.1, 0.15) is 0 Å². The first-order valence-corrected chi connectivity index (χ1v) is 8.52. The summed E-state index contributed by atoms with van der Waals surface area (Å²) in [5, 5.41) is 0. The second-order valence-electron chi connectivity index (χ2n) is 3.05. The monoisotopic (exact) mass is 444 g/mol. The van der Waals surface area contributed by atoms with Crippen LogP contribution in [0.4, 0.5) is 0 Å². The van der Waals surface area contributed by atoms with Crippen LogP contribution in [-0.2, 0) is 10.1 Å². The van der Waals surface area contributed by atoms with Crippen molar-refractivity contribution in [1.29, 1.82) is 0 Å². The molecule has 0 saturated heterocycles. The molecule has 0 aliphatic carbocycles. The number of rotatable bonds is 3. The molecule has 0 radical (unpaired) electrons. The Bertz CT molecular complexity index is 637. The molecule has 17 heavy (non-hydrogen) atoms. The van der Waals surface area contributed by atoms with Gasteiger partial charge in [-0.2, -0.15) is 8.42 Å². The summed E-state index contributed by atoms with van der Waals surface area (Å²) >= 11 is 6.43. The van der Waals surface area contributed by atoms with Gasteiger partial charge in [-0.3, -0.25) is 0 Å². The Labute approximate surface area is 125 Å². The summed E-state index contributed by atoms with van der Waals surface area (Å²) in [6, 6.07) is 10.1. The third-order valence-electron chi connectivity index (χ3n) is 1.80. The summed E-state index contributed by atoms with van der Waals surface area (Å²) in [5.41, 5.74) is 0. The summed E-state index contributed by atoms with van der Waals surface area (Å²) in [4.78, 5) is 0. The second kappa shape index (κ2) is 5.25. The van der Waals surface area contributed by atoms with Gasteiger partial charge in [0.15, 0.2) is 4.21 Å². The molecule has 3 nitrogen and oxygen atoms in total. The zero-order valence-corrected chi connectivity index (χ0v) is 13.6. The highest BCUT2D eigenvalue weighted by Gasteiger charge is 2.18. The average Bonchev–Trinajstić information content (AvgIpc) is 2.65. The maximum absolute atomic E-state index is 11.9. The Morgan fingerprint density at radius 2 is 2.00 bits per heavy atom. The summed E-state index contributed by atoms with van der Waals surface area (Å²) in [7, 11) is -3.72. The van der Waals surface area contributed by atoms with E-state index in [0.717, 1.165) is 18.7 Å². The van der Waals surface area contributed by atoms with Crippen LogP contribution in [0.3, 0.4) is 0 Å². The molecule has 0 amide bonds. The van der Waals surface area contributed by atoms with E-state index in [-0.39, 0.29) is 4.21 Å². The molecule has 1 heterocycles. The van der Waals surface area contributed by atoms with Gasteiger partial charge in [0, 0.05) is 3.57 Å². The second-order valence-corrected chi connectivity index (χ2v) is 8.54. The van der Waals surface area contributed by atoms with Crippen LogP contribution < -0.4 is 4.18 Å². The first-order chi connectivity index (χ1) is 7.97. The van der Waals surface area contributed by atoms with E-state index in [1.54, 1.807) is 24.3 Å². The third-order valence-corrected chi connectivity index (χ3v) is 5.79. The predicted octanol–water partition coefficient (Wildman–Crippen LogP) is 3.88. The smallest absolute Gasteiger partial charge is 0.348 e. The van der Waals surface area contributed by atoms with Crippen LogP contribution in [-0.4, -0.2) is 8.42 Å². The lowest BCUT2D eigenvalue weighted by molar-refractivity contribution is 0.488. The number of thiophene rings is 1. The molecule has 0 unspecified atom stereocenters. The lowest BCUT2D eigenvalue weighted by atomic mass is 10.3. The van der Waals surface area contributed by atoms with Crippen LogP contribution in [0.15, 0.2) is 44.4 Å². The lowest BCUT2D eigenvalue weighted by Gasteiger charge is -2.04. The fraction of sp³-hybridized carbons (Fsp3) is 0. The molecular formula is C10H6BrIO3S2. The Morgan fingerprint density at radius 1 is 1.24 bits per heavy atom. The van der Waals surface area contributed by atoms with Gasteiger partial charge in [-0.1, -0.05) is 6.07 Å². The maximum Gasteiger partial charge on any atom is 0.348 e. The zero-order chi connectivity index (χ0) is 12.5. The van der Waals surface area contributed by atoms with E-state index in [4.69, 9.17) is 4.18 Å². The molecule has 90 valence electrons. The van der Waals surface area contributed by atoms with E-state index in [1.165, 1.54) is 6.07 Å². The molecule has 2 aromatic rings. The van der Waals surface area contributed by atoms with Crippen molar-refractivity contribution in [2.24, 2.45) is 0 Å². The molecule has 0 atom stereocenters. The topological polar surface area (TPSA) is 43.4 Å². The van der Waals surface area contributed by atoms with E-state index in [1.807, 2.05) is 6.07 Å². The molecule has 0 spiro atoms. The molecule has 0 aliphatic heterocycles. The van der Waals surface area contributed by atoms with Gasteiger partial charge in [0.1, 0.15) is 5.75 Å². The average molecular weight is 445 g/mol. The predicted molar refractivity (Wildman–Crippen MR) is 79.0 cm³/mol. The summed E-state index contributed by atoms with van der Waals surface area (Å²) in [5.74, 6) is 0.321. The molecule has 1 aromatic heterocycles. The normalized spacial score (nSPS) is 11.4. The molecule has 0 N–H and O–H groups in total. The van der Waals surface area contributed by atoms with Crippen molar-refractivity contribution >= 4 is 60.0 Å². The minimum absolute atomic E-state index is 0.184. The van der Waals surface area contributed by atoms with E-state index < -0.39 is 10.1 Å². The molecule has 0 bridgehead atoms. The number of benzene rings is 1. The Hall–Kier alpha value is -0.120. The van der Waals surface area contributed by atoms with Crippen LogP contribution in [0.5, 0.6) is 5.75 Å². The van der Waals surface area contributed by atoms with Gasteiger partial charge in [-0.15, -0.1) is 11.3 Å². The third kappa shape index (κ3) is 3.43. The Kier molecular flexibility index (Phi) is 4.11. The van der Waals surface area contributed by atoms with Crippen molar-refractivity contribution in [3.05, 3.63) is 43.8 Å². The molecule has 0 fully saturated rings. The quantitative estimate of drug-likeness (QED) is 0.533. The molecular weight excluding hydrogens is 439 g/mol. The van der Waals surface area contributed by atoms with Crippen LogP contribution in [0.25, 0.3) is 0 Å². The van der Waals surface area contributed by atoms with Crippen molar-refractivity contribution in [3.8, 4) is 5.75 Å². The van der Waals surface area contributed by atoms with Crippen LogP contribution in [0, 0.1) is 3.57 Å². The molecule has 0 aliphatic rings. The van der Waals surface area contributed by atoms with Crippen molar-refractivity contribution < 1.29 is 12.6 Å². The largest absolute Gasteiger partial charge is 0.378 e. The minimum atomic E-state index is -3.72. The van der Waals surface area contributed by atoms with Gasteiger partial charge >= 0.3 is 10.1 Å². The standard InChI is InChI=1S/C10H6BrIO3S2/c11-9-4-5-10(16-9)17(13,14)15-8-3-1-2-7(12)6-8/h1-6H. The Morgan fingerprint density at radius 3 is 2.59 bits per heavy atom. The van der Waals surface area contributed by atoms with Crippen molar-refractivity contribution in [1.82, 2.24) is 0 Å². The van der Waals surface area contributed by atoms with Crippen LogP contribution >= 0.6 is 49.9 Å². The maximum atomic E-state index is 11.9. The van der Waals surface area contributed by atoms with Crippen LogP contribution in [0.2, 0.25) is 0 Å². The van der Waals surface area contributed by atoms with E-state index in [2.05, 4.69) is 38.5 Å². The van der Waals surface area contributed by atoms with Crippen molar-refractivity contribution in [2.45, 2.75) is 4.21 Å². The highest BCUT2D eigenvalue weighted by atomic mass is 127. The van der Waals surface area contributed by atoms with Gasteiger partial charge < -0.3 is 4.18 Å².